The quantitative estimate of drug-likeness (QED) is 0.675. The minimum atomic E-state index is -5.14. The summed E-state index contributed by atoms with van der Waals surface area (Å²) in [7, 11) is 0. The summed E-state index contributed by atoms with van der Waals surface area (Å²) in [4.78, 5) is 16.1. The molecule has 0 aliphatic rings. The van der Waals surface area contributed by atoms with Crippen molar-refractivity contribution in [2.24, 2.45) is 0 Å². The van der Waals surface area contributed by atoms with Crippen LogP contribution in [0.3, 0.4) is 0 Å². The van der Waals surface area contributed by atoms with Gasteiger partial charge in [-0.1, -0.05) is 18.2 Å². The van der Waals surface area contributed by atoms with Gasteiger partial charge in [0.25, 0.3) is 0 Å². The topological polar surface area (TPSA) is 52.3 Å². The van der Waals surface area contributed by atoms with Gasteiger partial charge < -0.3 is 9.15 Å². The number of nitrogens with zero attached hydrogens (tertiary/aromatic N) is 1. The Morgan fingerprint density at radius 2 is 1.83 bits per heavy atom. The highest BCUT2D eigenvalue weighted by Crippen LogP contribution is 2.28. The summed E-state index contributed by atoms with van der Waals surface area (Å²) >= 11 is 0. The van der Waals surface area contributed by atoms with Gasteiger partial charge in [-0.05, 0) is 30.3 Å². The number of hydrogen-bond acceptors (Lipinski definition) is 4. The molecule has 0 fully saturated rings. The third kappa shape index (κ3) is 3.22. The van der Waals surface area contributed by atoms with E-state index < -0.39 is 18.2 Å². The number of alkyl halides is 4. The van der Waals surface area contributed by atoms with Crippen molar-refractivity contribution in [1.82, 2.24) is 4.98 Å². The Morgan fingerprint density at radius 1 is 1.08 bits per heavy atom. The summed E-state index contributed by atoms with van der Waals surface area (Å²) in [6.45, 7) is 0. The summed E-state index contributed by atoms with van der Waals surface area (Å²) in [5.41, 5.74) is -0.0842. The van der Waals surface area contributed by atoms with Gasteiger partial charge in [0.15, 0.2) is 0 Å². The molecule has 0 radical (unpaired) electrons. The fraction of sp³-hybridized carbons (Fsp3) is 0.125. The molecule has 0 N–H and O–H groups in total. The lowest BCUT2D eigenvalue weighted by atomic mass is 10.2. The summed E-state index contributed by atoms with van der Waals surface area (Å²) in [5.74, 6) is -0.471. The summed E-state index contributed by atoms with van der Waals surface area (Å²) in [6.07, 6.45) is -8.59. The van der Waals surface area contributed by atoms with Gasteiger partial charge in [0.05, 0.1) is 10.9 Å². The number of halogens is 4. The molecule has 24 heavy (non-hydrogen) atoms. The number of fused-ring (bicyclic) bond motifs is 1. The highest BCUT2D eigenvalue weighted by atomic mass is 19.4. The Balaban J connectivity index is 1.99. The van der Waals surface area contributed by atoms with E-state index in [4.69, 9.17) is 4.42 Å². The molecule has 0 aliphatic heterocycles. The van der Waals surface area contributed by atoms with Crippen molar-refractivity contribution in [3.05, 3.63) is 59.0 Å². The lowest BCUT2D eigenvalue weighted by Crippen LogP contribution is -2.29. The zero-order valence-corrected chi connectivity index (χ0v) is 11.9. The van der Waals surface area contributed by atoms with Crippen LogP contribution in [-0.4, -0.2) is 17.5 Å². The summed E-state index contributed by atoms with van der Waals surface area (Å²) in [6, 6.07) is 11.5. The predicted octanol–water partition coefficient (Wildman–Crippen LogP) is 4.09. The molecule has 0 saturated carbocycles. The van der Waals surface area contributed by atoms with Crippen LogP contribution >= 0.6 is 0 Å². The van der Waals surface area contributed by atoms with Gasteiger partial charge in [-0.15, -0.1) is 0 Å². The van der Waals surface area contributed by atoms with Crippen molar-refractivity contribution in [2.75, 3.05) is 0 Å². The summed E-state index contributed by atoms with van der Waals surface area (Å²) in [5, 5.41) is 0.273. The van der Waals surface area contributed by atoms with Crippen LogP contribution in [-0.2, 0) is 0 Å². The second-order valence-electron chi connectivity index (χ2n) is 4.83. The lowest BCUT2D eigenvalue weighted by Gasteiger charge is -2.14. The predicted molar refractivity (Wildman–Crippen MR) is 77.3 cm³/mol. The molecule has 0 spiro atoms. The van der Waals surface area contributed by atoms with E-state index in [-0.39, 0.29) is 22.6 Å². The molecule has 1 aromatic heterocycles. The number of ether oxygens (including phenoxy) is 1. The van der Waals surface area contributed by atoms with Crippen molar-refractivity contribution < 1.29 is 26.7 Å². The maximum Gasteiger partial charge on any atom is 0.457 e. The van der Waals surface area contributed by atoms with Crippen molar-refractivity contribution in [3.63, 3.8) is 0 Å². The van der Waals surface area contributed by atoms with Crippen molar-refractivity contribution >= 4 is 10.9 Å². The molecule has 1 heterocycles. The zero-order valence-electron chi connectivity index (χ0n) is 11.9. The van der Waals surface area contributed by atoms with Crippen molar-refractivity contribution in [3.8, 4) is 17.2 Å². The summed E-state index contributed by atoms with van der Waals surface area (Å²) < 4.78 is 58.9. The van der Waals surface area contributed by atoms with E-state index in [1.54, 1.807) is 18.2 Å². The molecule has 2 aromatic carbocycles. The molecule has 0 aliphatic carbocycles. The maximum absolute atomic E-state index is 13.0. The molecular weight excluding hydrogens is 330 g/mol. The molecule has 124 valence electrons. The first kappa shape index (κ1) is 16.0. The first-order chi connectivity index (χ1) is 11.3. The van der Waals surface area contributed by atoms with Gasteiger partial charge in [0, 0.05) is 5.56 Å². The lowest BCUT2D eigenvalue weighted by molar-refractivity contribution is -0.236. The largest absolute Gasteiger partial charge is 0.457 e. The van der Waals surface area contributed by atoms with Crippen LogP contribution in [0.2, 0.25) is 0 Å². The van der Waals surface area contributed by atoms with Crippen LogP contribution in [0.1, 0.15) is 0 Å². The van der Waals surface area contributed by atoms with Crippen LogP contribution in [0, 0.1) is 0 Å². The van der Waals surface area contributed by atoms with E-state index in [9.17, 15) is 22.4 Å². The van der Waals surface area contributed by atoms with Gasteiger partial charge in [-0.2, -0.15) is 17.6 Å². The fourth-order valence-electron chi connectivity index (χ4n) is 2.03. The number of para-hydroxylation sites is 1. The fourth-order valence-corrected chi connectivity index (χ4v) is 2.03. The maximum atomic E-state index is 13.0. The second kappa shape index (κ2) is 5.95. The second-order valence-corrected chi connectivity index (χ2v) is 4.83. The van der Waals surface area contributed by atoms with Crippen molar-refractivity contribution in [2.45, 2.75) is 12.5 Å². The Bertz CT molecular complexity index is 936. The highest BCUT2D eigenvalue weighted by Gasteiger charge is 2.42. The van der Waals surface area contributed by atoms with Crippen molar-refractivity contribution in [1.29, 1.82) is 0 Å². The van der Waals surface area contributed by atoms with E-state index >= 15 is 0 Å². The number of hydrogen-bond donors (Lipinski definition) is 0. The van der Waals surface area contributed by atoms with Gasteiger partial charge in [-0.25, -0.2) is 9.78 Å². The highest BCUT2D eigenvalue weighted by molar-refractivity contribution is 5.78. The van der Waals surface area contributed by atoms with E-state index in [1.165, 1.54) is 18.2 Å². The third-order valence-electron chi connectivity index (χ3n) is 3.11. The molecule has 0 saturated heterocycles. The van der Waals surface area contributed by atoms with Crippen LogP contribution in [0.15, 0.2) is 57.7 Å². The minimum Gasteiger partial charge on any atom is -0.452 e. The average molecular weight is 339 g/mol. The third-order valence-corrected chi connectivity index (χ3v) is 3.11. The van der Waals surface area contributed by atoms with Gasteiger partial charge in [0.2, 0.25) is 5.89 Å². The number of aromatic nitrogens is 1. The average Bonchev–Trinajstić information content (AvgIpc) is 2.54. The Labute approximate surface area is 132 Å². The number of rotatable bonds is 3. The molecule has 3 aromatic rings. The van der Waals surface area contributed by atoms with Gasteiger partial charge >= 0.3 is 18.2 Å². The van der Waals surface area contributed by atoms with Crippen LogP contribution in [0.5, 0.6) is 5.75 Å². The molecule has 1 atom stereocenters. The van der Waals surface area contributed by atoms with E-state index in [0.29, 0.717) is 5.52 Å². The van der Waals surface area contributed by atoms with Crippen LogP contribution in [0.25, 0.3) is 22.4 Å². The molecule has 8 heteroatoms. The standard InChI is InChI=1S/C16H9F4NO3/c17-15(16(18,19)20)23-10-5-3-4-9(8-10)13-21-12-7-2-1-6-11(12)14(22)24-13/h1-8,15H. The first-order valence-electron chi connectivity index (χ1n) is 6.72. The van der Waals surface area contributed by atoms with Crippen LogP contribution in [0.4, 0.5) is 17.6 Å². The monoisotopic (exact) mass is 339 g/mol. The van der Waals surface area contributed by atoms with Crippen LogP contribution < -0.4 is 10.4 Å². The molecule has 3 rings (SSSR count). The zero-order chi connectivity index (χ0) is 17.3. The van der Waals surface area contributed by atoms with E-state index in [2.05, 4.69) is 9.72 Å². The Morgan fingerprint density at radius 3 is 2.58 bits per heavy atom. The van der Waals surface area contributed by atoms with Gasteiger partial charge in [0.1, 0.15) is 5.75 Å². The normalized spacial score (nSPS) is 13.0. The smallest absolute Gasteiger partial charge is 0.452 e. The minimum absolute atomic E-state index is 0.105. The Hall–Kier alpha value is -2.90. The molecule has 1 unspecified atom stereocenters. The van der Waals surface area contributed by atoms with Gasteiger partial charge in [-0.3, -0.25) is 0 Å². The Kier molecular flexibility index (Phi) is 3.96. The van der Waals surface area contributed by atoms with E-state index in [0.717, 1.165) is 12.1 Å². The van der Waals surface area contributed by atoms with E-state index in [1.807, 2.05) is 0 Å². The SMILES string of the molecule is O=c1oc(-c2cccc(OC(F)C(F)(F)F)c2)nc2ccccc12. The molecule has 0 amide bonds. The first-order valence-corrected chi connectivity index (χ1v) is 6.72. The molecule has 4 nitrogen and oxygen atoms in total. The number of benzene rings is 2. The molecule has 0 bridgehead atoms. The molecular formula is C16H9F4NO3.